The lowest BCUT2D eigenvalue weighted by Crippen LogP contribution is -2.54. The number of carbonyl (C=O) groups is 2. The number of aliphatic carboxylic acids is 1. The molecule has 0 saturated carbocycles. The van der Waals surface area contributed by atoms with Gasteiger partial charge >= 0.3 is 5.97 Å². The first kappa shape index (κ1) is 46.1. The highest BCUT2D eigenvalue weighted by Crippen LogP contribution is 2.50. The lowest BCUT2D eigenvalue weighted by Gasteiger charge is -2.48. The molecule has 4 aromatic rings. The van der Waals surface area contributed by atoms with Crippen molar-refractivity contribution in [1.29, 1.82) is 0 Å². The highest BCUT2D eigenvalue weighted by molar-refractivity contribution is 7.86. The highest BCUT2D eigenvalue weighted by atomic mass is 32.2. The monoisotopic (exact) mass is 898 g/mol. The second-order valence-corrected chi connectivity index (χ2v) is 22.4. The van der Waals surface area contributed by atoms with Crippen molar-refractivity contribution in [3.63, 3.8) is 0 Å². The van der Waals surface area contributed by atoms with Gasteiger partial charge in [-0.3, -0.25) is 18.7 Å². The number of hydrogen-bond acceptors (Lipinski definition) is 7. The van der Waals surface area contributed by atoms with Crippen molar-refractivity contribution in [2.75, 3.05) is 30.8 Å². The number of amides is 1. The minimum atomic E-state index is -4.59. The lowest BCUT2D eigenvalue weighted by atomic mass is 9.66. The zero-order valence-electron chi connectivity index (χ0n) is 37.7. The molecule has 0 saturated heterocycles. The van der Waals surface area contributed by atoms with Gasteiger partial charge in [-0.25, -0.2) is 4.58 Å². The normalized spacial score (nSPS) is 19.7. The van der Waals surface area contributed by atoms with Crippen LogP contribution >= 0.6 is 0 Å². The van der Waals surface area contributed by atoms with E-state index < -0.39 is 48.8 Å². The molecule has 3 N–H and O–H groups in total. The van der Waals surface area contributed by atoms with E-state index in [2.05, 4.69) is 69.2 Å². The van der Waals surface area contributed by atoms with Crippen LogP contribution in [0.25, 0.3) is 5.57 Å². The number of fused-ring (bicyclic) bond motifs is 4. The van der Waals surface area contributed by atoms with Crippen LogP contribution in [0.4, 0.5) is 5.69 Å². The predicted octanol–water partition coefficient (Wildman–Crippen LogP) is 6.71. The van der Waals surface area contributed by atoms with E-state index in [1.807, 2.05) is 38.1 Å². The SMILES string of the molecule is CCN1c2cc3c(cc2C(C)CC1(C)C)C(c1ccccc1C(=O)N(C)CCCC(=O)O)=c1cc2c(cc1C3(C)C)=[N+](Cc1ccccc1S(=O)(=O)O)C(C)(C)CC2CS(=O)(=O)O. The third-order valence-corrected chi connectivity index (χ3v) is 15.5. The Kier molecular flexibility index (Phi) is 11.9. The van der Waals surface area contributed by atoms with Crippen molar-refractivity contribution < 1.29 is 40.6 Å². The van der Waals surface area contributed by atoms with Gasteiger partial charge in [-0.05, 0) is 122 Å². The van der Waals surface area contributed by atoms with Crippen molar-refractivity contribution in [2.24, 2.45) is 0 Å². The summed E-state index contributed by atoms with van der Waals surface area (Å²) >= 11 is 0. The molecule has 3 aliphatic rings. The summed E-state index contributed by atoms with van der Waals surface area (Å²) in [6.07, 6.45) is 1.42. The number of nitrogens with zero attached hydrogens (tertiary/aromatic N) is 3. The number of carbonyl (C=O) groups excluding carboxylic acids is 1. The minimum absolute atomic E-state index is 0.0679. The summed E-state index contributed by atoms with van der Waals surface area (Å²) in [5, 5.41) is 10.8. The van der Waals surface area contributed by atoms with E-state index in [0.29, 0.717) is 27.6 Å². The molecule has 336 valence electrons. The van der Waals surface area contributed by atoms with Gasteiger partial charge in [0.1, 0.15) is 4.90 Å². The van der Waals surface area contributed by atoms with Crippen LogP contribution in [0.15, 0.2) is 77.7 Å². The zero-order chi connectivity index (χ0) is 46.2. The van der Waals surface area contributed by atoms with Crippen molar-refractivity contribution in [2.45, 2.75) is 121 Å². The molecule has 14 heteroatoms. The molecule has 4 aromatic carbocycles. The van der Waals surface area contributed by atoms with E-state index in [-0.39, 0.29) is 54.6 Å². The quantitative estimate of drug-likeness (QED) is 0.103. The van der Waals surface area contributed by atoms with Crippen molar-refractivity contribution in [3.8, 4) is 0 Å². The van der Waals surface area contributed by atoms with Gasteiger partial charge < -0.3 is 14.9 Å². The Morgan fingerprint density at radius 3 is 2.17 bits per heavy atom. The molecule has 12 nitrogen and oxygen atoms in total. The summed E-state index contributed by atoms with van der Waals surface area (Å²) in [5.41, 5.74) is 6.58. The molecule has 2 heterocycles. The second-order valence-electron chi connectivity index (χ2n) is 19.5. The first-order valence-electron chi connectivity index (χ1n) is 21.6. The number of anilines is 1. The van der Waals surface area contributed by atoms with Crippen LogP contribution < -0.4 is 20.1 Å². The van der Waals surface area contributed by atoms with Gasteiger partial charge in [0.05, 0.1) is 5.75 Å². The van der Waals surface area contributed by atoms with Crippen molar-refractivity contribution in [3.05, 3.63) is 128 Å². The molecule has 0 radical (unpaired) electrons. The Bertz CT molecular complexity index is 2900. The Morgan fingerprint density at radius 1 is 0.857 bits per heavy atom. The molecule has 0 spiro atoms. The summed E-state index contributed by atoms with van der Waals surface area (Å²) in [4.78, 5) is 29.7. The first-order chi connectivity index (χ1) is 29.3. The van der Waals surface area contributed by atoms with E-state index in [0.717, 1.165) is 46.1 Å². The van der Waals surface area contributed by atoms with Crippen molar-refractivity contribution in [1.82, 2.24) is 9.48 Å². The average molecular weight is 899 g/mol. The van der Waals surface area contributed by atoms with Crippen LogP contribution in [-0.4, -0.2) is 84.8 Å². The molecule has 2 unspecified atom stereocenters. The minimum Gasteiger partial charge on any atom is -0.481 e. The van der Waals surface area contributed by atoms with Gasteiger partial charge in [0.25, 0.3) is 26.1 Å². The van der Waals surface area contributed by atoms with E-state index in [9.17, 15) is 40.6 Å². The second kappa shape index (κ2) is 16.3. The molecule has 1 amide bonds. The fourth-order valence-electron chi connectivity index (χ4n) is 10.9. The van der Waals surface area contributed by atoms with Gasteiger partial charge in [0, 0.05) is 78.3 Å². The fraction of sp³-hybridized carbons (Fsp3) is 0.449. The molecule has 63 heavy (non-hydrogen) atoms. The highest BCUT2D eigenvalue weighted by Gasteiger charge is 2.45. The number of hydrogen-bond donors (Lipinski definition) is 3. The number of benzene rings is 4. The van der Waals surface area contributed by atoms with Gasteiger partial charge in [0.15, 0.2) is 12.1 Å². The molecule has 0 bridgehead atoms. The molecular formula is C49H60N3O9S2+. The average Bonchev–Trinajstić information content (AvgIpc) is 3.17. The summed E-state index contributed by atoms with van der Waals surface area (Å²) < 4.78 is 73.7. The Morgan fingerprint density at radius 2 is 1.52 bits per heavy atom. The molecule has 0 fully saturated rings. The third-order valence-electron chi connectivity index (χ3n) is 13.7. The molecule has 1 aliphatic carbocycles. The van der Waals surface area contributed by atoms with E-state index >= 15 is 0 Å². The molecule has 2 aliphatic heterocycles. The Balaban J connectivity index is 1.63. The largest absolute Gasteiger partial charge is 0.481 e. The van der Waals surface area contributed by atoms with E-state index in [4.69, 9.17) is 0 Å². The Hall–Kier alpha value is -4.89. The maximum absolute atomic E-state index is 14.5. The summed E-state index contributed by atoms with van der Waals surface area (Å²) in [6.45, 7) is 18.3. The summed E-state index contributed by atoms with van der Waals surface area (Å²) in [7, 11) is -7.41. The van der Waals surface area contributed by atoms with Gasteiger partial charge in [-0.1, -0.05) is 57.2 Å². The number of rotatable bonds is 12. The molecule has 0 aromatic heterocycles. The smallest absolute Gasteiger partial charge is 0.303 e. The van der Waals surface area contributed by atoms with Crippen LogP contribution in [0.5, 0.6) is 0 Å². The van der Waals surface area contributed by atoms with Crippen LogP contribution in [-0.2, 0) is 37.0 Å². The third kappa shape index (κ3) is 8.59. The topological polar surface area (TPSA) is 173 Å². The fourth-order valence-corrected chi connectivity index (χ4v) is 12.4. The summed E-state index contributed by atoms with van der Waals surface area (Å²) in [6, 6.07) is 22.4. The van der Waals surface area contributed by atoms with Gasteiger partial charge in [-0.15, -0.1) is 0 Å². The number of carboxylic acids is 1. The molecule has 7 rings (SSSR count). The van der Waals surface area contributed by atoms with Crippen LogP contribution in [0.1, 0.15) is 142 Å². The van der Waals surface area contributed by atoms with E-state index in [1.54, 1.807) is 36.2 Å². The first-order valence-corrected chi connectivity index (χ1v) is 24.7. The number of carboxylic acid groups (broad SMARTS) is 1. The predicted molar refractivity (Wildman–Crippen MR) is 245 cm³/mol. The summed E-state index contributed by atoms with van der Waals surface area (Å²) in [5.74, 6) is -2.22. The standard InChI is InChI=1S/C49H59N3O9S2/c1-10-51-41-24-39-37(22-35(41)30(2)26-47(51,3)4)45(33-17-12-13-18-34(33)46(55)50(9)21-15-20-44(53)54)38-23-36-32(29-62(56,57)58)27-48(5,6)52(42(36)25-40(38)49(39,7)8)28-31-16-11-14-19-43(31)63(59,60)61/h11-14,16-19,22-25,30,32H,10,15,20-21,26-29H2,1-9H3,(H2-,53,54,56,57,58,59,60,61)/p+1. The van der Waals surface area contributed by atoms with Crippen LogP contribution in [0.2, 0.25) is 0 Å². The Labute approximate surface area is 371 Å². The lowest BCUT2D eigenvalue weighted by molar-refractivity contribution is -0.137. The van der Waals surface area contributed by atoms with Crippen LogP contribution in [0.3, 0.4) is 0 Å². The molecule has 2 atom stereocenters. The van der Waals surface area contributed by atoms with Crippen molar-refractivity contribution >= 4 is 43.4 Å². The van der Waals surface area contributed by atoms with E-state index in [1.165, 1.54) is 11.6 Å². The van der Waals surface area contributed by atoms with Gasteiger partial charge in [0.2, 0.25) is 5.36 Å². The van der Waals surface area contributed by atoms with Gasteiger partial charge in [-0.2, -0.15) is 16.8 Å². The zero-order valence-corrected chi connectivity index (χ0v) is 39.3. The maximum atomic E-state index is 14.5. The maximum Gasteiger partial charge on any atom is 0.303 e. The van der Waals surface area contributed by atoms with Crippen LogP contribution in [0, 0.1) is 0 Å². The molecular weight excluding hydrogens is 839 g/mol.